The highest BCUT2D eigenvalue weighted by Crippen LogP contribution is 2.17. The first-order valence-electron chi connectivity index (χ1n) is 19.0. The third-order valence-electron chi connectivity index (χ3n) is 6.27. The van der Waals surface area contributed by atoms with E-state index in [0.29, 0.717) is 5.92 Å². The zero-order valence-corrected chi connectivity index (χ0v) is 36.2. The van der Waals surface area contributed by atoms with E-state index in [-0.39, 0.29) is 0 Å². The predicted octanol–water partition coefficient (Wildman–Crippen LogP) is 16.9. The molecule has 0 nitrogen and oxygen atoms in total. The average molecular weight is 711 g/mol. The molecule has 0 aromatic heterocycles. The van der Waals surface area contributed by atoms with Crippen molar-refractivity contribution < 1.29 is 0 Å². The van der Waals surface area contributed by atoms with Gasteiger partial charge in [0.15, 0.2) is 0 Å². The van der Waals surface area contributed by atoms with Crippen LogP contribution in [0.5, 0.6) is 0 Å². The van der Waals surface area contributed by atoms with Gasteiger partial charge in [-0.1, -0.05) is 233 Å². The number of benzene rings is 4. The summed E-state index contributed by atoms with van der Waals surface area (Å²) in [5, 5.41) is 0. The number of thiol groups is 1. The zero-order chi connectivity index (χ0) is 40.3. The topological polar surface area (TPSA) is 0 Å². The van der Waals surface area contributed by atoms with Crippen molar-refractivity contribution in [2.75, 3.05) is 5.75 Å². The standard InChI is InChI=1S/C12H16.C12H14.C9H10.C7H8.C2H6S.4C2H6/c1-10(2)11(3)9-12-7-5-4-6-8-12;1-3-4-8-11(2)12-9-6-5-7-10-12;1-8(2)9-6-4-3-5-7-9;1-7-5-3-2-4-6-7;1-2-3;4*1-2/h4-8,11H,1,9H2,2-3H3;3,5-7,9-10H,1-2,4,8H2;3-7H,1H2,2H3;2-6H,1H3;3H,2H2,1H3;4*1-2H3. The van der Waals surface area contributed by atoms with Crippen LogP contribution in [0.3, 0.4) is 0 Å². The number of aryl methyl sites for hydroxylation is 1. The maximum absolute atomic E-state index is 4.01. The summed E-state index contributed by atoms with van der Waals surface area (Å²) >= 11 is 3.79. The lowest BCUT2D eigenvalue weighted by Gasteiger charge is -2.10. The maximum atomic E-state index is 4.01. The third-order valence-corrected chi connectivity index (χ3v) is 6.27. The van der Waals surface area contributed by atoms with Gasteiger partial charge in [-0.15, -0.1) is 6.58 Å². The van der Waals surface area contributed by atoms with E-state index >= 15 is 0 Å². The average Bonchev–Trinajstić information content (AvgIpc) is 3.19. The van der Waals surface area contributed by atoms with Gasteiger partial charge < -0.3 is 0 Å². The van der Waals surface area contributed by atoms with Crippen molar-refractivity contribution in [3.8, 4) is 0 Å². The molecule has 0 amide bonds. The number of hydrogen-bond donors (Lipinski definition) is 1. The molecule has 0 fully saturated rings. The van der Waals surface area contributed by atoms with Gasteiger partial charge in [0, 0.05) is 0 Å². The molecule has 0 saturated heterocycles. The summed E-state index contributed by atoms with van der Waals surface area (Å²) in [5.41, 5.74) is 8.75. The normalized spacial score (nSPS) is 8.75. The van der Waals surface area contributed by atoms with E-state index in [9.17, 15) is 0 Å². The minimum atomic E-state index is 0.590. The molecule has 0 aliphatic carbocycles. The fraction of sp³-hybridized carbons (Fsp3) is 0.360. The van der Waals surface area contributed by atoms with Crippen LogP contribution in [-0.2, 0) is 6.42 Å². The Hall–Kier alpha value is -3.81. The molecule has 0 spiro atoms. The molecule has 4 aromatic rings. The van der Waals surface area contributed by atoms with Crippen LogP contribution >= 0.6 is 12.6 Å². The third kappa shape index (κ3) is 38.8. The summed E-state index contributed by atoms with van der Waals surface area (Å²) in [7, 11) is 0. The van der Waals surface area contributed by atoms with Gasteiger partial charge in [-0.25, -0.2) is 0 Å². The quantitative estimate of drug-likeness (QED) is 0.137. The first-order valence-corrected chi connectivity index (χ1v) is 19.7. The summed E-state index contributed by atoms with van der Waals surface area (Å²) in [6, 6.07) is 41.2. The van der Waals surface area contributed by atoms with E-state index in [1.807, 2.05) is 130 Å². The molecule has 284 valence electrons. The van der Waals surface area contributed by atoms with E-state index in [1.165, 1.54) is 33.4 Å². The Morgan fingerprint density at radius 3 is 1.22 bits per heavy atom. The van der Waals surface area contributed by atoms with Crippen LogP contribution in [-0.4, -0.2) is 5.75 Å². The van der Waals surface area contributed by atoms with Crippen LogP contribution in [0.25, 0.3) is 11.1 Å². The molecule has 0 bridgehead atoms. The highest BCUT2D eigenvalue weighted by atomic mass is 32.1. The second kappa shape index (κ2) is 46.2. The molecule has 0 aliphatic rings. The van der Waals surface area contributed by atoms with Crippen molar-refractivity contribution in [1.82, 2.24) is 0 Å². The Morgan fingerprint density at radius 1 is 0.608 bits per heavy atom. The molecule has 0 heterocycles. The fourth-order valence-electron chi connectivity index (χ4n) is 3.49. The Kier molecular flexibility index (Phi) is 51.2. The highest BCUT2D eigenvalue weighted by molar-refractivity contribution is 7.80. The van der Waals surface area contributed by atoms with Gasteiger partial charge >= 0.3 is 0 Å². The SMILES string of the molecule is C=C(C)C(C)Cc1ccccc1.C=C(C)c1ccccc1.C=CCCC(=C)c1ccccc1.CC.CC.CC.CC.CCS.Cc1ccccc1. The first-order chi connectivity index (χ1) is 24.7. The smallest absolute Gasteiger partial charge is 0.0126 e. The second-order valence-electron chi connectivity index (χ2n) is 10.4. The maximum Gasteiger partial charge on any atom is -0.0126 e. The van der Waals surface area contributed by atoms with Crippen LogP contribution in [0.2, 0.25) is 0 Å². The molecule has 1 heteroatoms. The van der Waals surface area contributed by atoms with E-state index in [2.05, 4.69) is 126 Å². The second-order valence-corrected chi connectivity index (χ2v) is 11.0. The van der Waals surface area contributed by atoms with Crippen molar-refractivity contribution in [2.24, 2.45) is 5.92 Å². The largest absolute Gasteiger partial charge is 0.180 e. The molecule has 0 N–H and O–H groups in total. The molecule has 1 atom stereocenters. The van der Waals surface area contributed by atoms with Gasteiger partial charge in [0.1, 0.15) is 0 Å². The molecule has 51 heavy (non-hydrogen) atoms. The molecule has 0 aliphatic heterocycles. The fourth-order valence-corrected chi connectivity index (χ4v) is 3.49. The summed E-state index contributed by atoms with van der Waals surface area (Å²) in [6.45, 7) is 41.9. The zero-order valence-electron chi connectivity index (χ0n) is 35.3. The van der Waals surface area contributed by atoms with Gasteiger partial charge in [0.25, 0.3) is 0 Å². The van der Waals surface area contributed by atoms with Crippen molar-refractivity contribution in [1.29, 1.82) is 0 Å². The number of hydrogen-bond acceptors (Lipinski definition) is 1. The van der Waals surface area contributed by atoms with Gasteiger partial charge in [-0.2, -0.15) is 12.6 Å². The van der Waals surface area contributed by atoms with E-state index in [4.69, 9.17) is 0 Å². The van der Waals surface area contributed by atoms with Crippen LogP contribution in [0.15, 0.2) is 159 Å². The lowest BCUT2D eigenvalue weighted by atomic mass is 9.96. The molecule has 1 unspecified atom stereocenters. The van der Waals surface area contributed by atoms with E-state index in [1.54, 1.807) is 0 Å². The van der Waals surface area contributed by atoms with Gasteiger partial charge in [0.2, 0.25) is 0 Å². The minimum Gasteiger partial charge on any atom is -0.180 e. The van der Waals surface area contributed by atoms with Crippen LogP contribution in [0.1, 0.15) is 118 Å². The van der Waals surface area contributed by atoms with E-state index in [0.717, 1.165) is 30.6 Å². The van der Waals surface area contributed by atoms with Gasteiger partial charge in [-0.05, 0) is 74.0 Å². The van der Waals surface area contributed by atoms with Crippen molar-refractivity contribution in [3.63, 3.8) is 0 Å². The lowest BCUT2D eigenvalue weighted by Crippen LogP contribution is -1.99. The molecule has 4 aromatic carbocycles. The number of rotatable bonds is 8. The molecule has 0 saturated carbocycles. The monoisotopic (exact) mass is 711 g/mol. The summed E-state index contributed by atoms with van der Waals surface area (Å²) < 4.78 is 0. The summed E-state index contributed by atoms with van der Waals surface area (Å²) in [6.07, 6.45) is 5.05. The first kappa shape index (κ1) is 56.6. The Morgan fingerprint density at radius 2 is 0.941 bits per heavy atom. The Bertz CT molecular complexity index is 1260. The molecule has 0 radical (unpaired) electrons. The van der Waals surface area contributed by atoms with Crippen LogP contribution in [0, 0.1) is 12.8 Å². The van der Waals surface area contributed by atoms with Gasteiger partial charge in [-0.3, -0.25) is 0 Å². The van der Waals surface area contributed by atoms with Crippen molar-refractivity contribution >= 4 is 23.8 Å². The Labute approximate surface area is 325 Å². The van der Waals surface area contributed by atoms with Crippen LogP contribution in [0.4, 0.5) is 0 Å². The van der Waals surface area contributed by atoms with Crippen molar-refractivity contribution in [3.05, 3.63) is 182 Å². The van der Waals surface area contributed by atoms with Crippen LogP contribution < -0.4 is 0 Å². The summed E-state index contributed by atoms with van der Waals surface area (Å²) in [4.78, 5) is 0. The van der Waals surface area contributed by atoms with Gasteiger partial charge in [0.05, 0.1) is 0 Å². The minimum absolute atomic E-state index is 0.590. The van der Waals surface area contributed by atoms with E-state index < -0.39 is 0 Å². The number of allylic oxidation sites excluding steroid dienone is 4. The highest BCUT2D eigenvalue weighted by Gasteiger charge is 2.02. The molecule has 4 rings (SSSR count). The molecular formula is C50H78S. The Balaban J connectivity index is -0.000000171. The summed E-state index contributed by atoms with van der Waals surface area (Å²) in [5.74, 6) is 1.53. The lowest BCUT2D eigenvalue weighted by molar-refractivity contribution is 0.680. The molecular weight excluding hydrogens is 633 g/mol. The van der Waals surface area contributed by atoms with Crippen molar-refractivity contribution in [2.45, 2.75) is 109 Å². The predicted molar refractivity (Wildman–Crippen MR) is 246 cm³/mol.